The lowest BCUT2D eigenvalue weighted by Crippen LogP contribution is -2.41. The highest BCUT2D eigenvalue weighted by atomic mass is 16.4. The Kier molecular flexibility index (Phi) is 7.06. The van der Waals surface area contributed by atoms with Crippen LogP contribution in [0, 0.1) is 5.92 Å². The third-order valence-corrected chi connectivity index (χ3v) is 7.35. The molecule has 3 heteroatoms. The molecule has 5 rings (SSSR count). The molecule has 1 saturated carbocycles. The SMILES string of the molecule is O=C(O)[C@@H]1[C@H](c2ccccc2)[C@H](c2ccccc2)C[C@H]1N(Cc1ccccc1)Cc1ccccc1. The van der Waals surface area contributed by atoms with E-state index in [1.807, 2.05) is 36.4 Å². The van der Waals surface area contributed by atoms with Gasteiger partial charge in [-0.2, -0.15) is 0 Å². The van der Waals surface area contributed by atoms with E-state index < -0.39 is 11.9 Å². The number of rotatable bonds is 8. The monoisotopic (exact) mass is 461 g/mol. The van der Waals surface area contributed by atoms with Gasteiger partial charge in [0.25, 0.3) is 0 Å². The predicted octanol–water partition coefficient (Wildman–Crippen LogP) is 6.73. The number of aliphatic carboxylic acids is 1. The van der Waals surface area contributed by atoms with Gasteiger partial charge in [-0.05, 0) is 34.6 Å². The van der Waals surface area contributed by atoms with Crippen LogP contribution in [0.3, 0.4) is 0 Å². The van der Waals surface area contributed by atoms with Gasteiger partial charge in [0.05, 0.1) is 5.92 Å². The fraction of sp³-hybridized carbons (Fsp3) is 0.219. The number of hydrogen-bond acceptors (Lipinski definition) is 2. The van der Waals surface area contributed by atoms with Crippen LogP contribution >= 0.6 is 0 Å². The maximum atomic E-state index is 13.0. The van der Waals surface area contributed by atoms with Gasteiger partial charge in [-0.15, -0.1) is 0 Å². The first kappa shape index (κ1) is 23.1. The molecular weight excluding hydrogens is 430 g/mol. The van der Waals surface area contributed by atoms with Crippen LogP contribution in [0.4, 0.5) is 0 Å². The molecule has 3 nitrogen and oxygen atoms in total. The van der Waals surface area contributed by atoms with E-state index in [2.05, 4.69) is 89.8 Å². The summed E-state index contributed by atoms with van der Waals surface area (Å²) in [6.07, 6.45) is 0.806. The van der Waals surface area contributed by atoms with Crippen molar-refractivity contribution in [2.24, 2.45) is 5.92 Å². The Morgan fingerprint density at radius 3 is 1.54 bits per heavy atom. The third-order valence-electron chi connectivity index (χ3n) is 7.35. The van der Waals surface area contributed by atoms with Crippen LogP contribution in [0.15, 0.2) is 121 Å². The molecule has 0 spiro atoms. The highest BCUT2D eigenvalue weighted by Gasteiger charge is 2.50. The largest absolute Gasteiger partial charge is 0.481 e. The van der Waals surface area contributed by atoms with Gasteiger partial charge in [0, 0.05) is 25.0 Å². The van der Waals surface area contributed by atoms with Crippen molar-refractivity contribution < 1.29 is 9.90 Å². The molecule has 4 atom stereocenters. The molecule has 0 radical (unpaired) electrons. The second kappa shape index (κ2) is 10.7. The number of benzene rings is 4. The summed E-state index contributed by atoms with van der Waals surface area (Å²) in [5.74, 6) is -1.17. The molecule has 0 heterocycles. The van der Waals surface area contributed by atoms with Crippen LogP contribution in [0.25, 0.3) is 0 Å². The van der Waals surface area contributed by atoms with Crippen LogP contribution in [0.1, 0.15) is 40.5 Å². The Labute approximate surface area is 207 Å². The highest BCUT2D eigenvalue weighted by molar-refractivity contribution is 5.73. The van der Waals surface area contributed by atoms with E-state index in [-0.39, 0.29) is 17.9 Å². The predicted molar refractivity (Wildman–Crippen MR) is 140 cm³/mol. The molecule has 4 aromatic carbocycles. The molecule has 0 unspecified atom stereocenters. The van der Waals surface area contributed by atoms with E-state index in [0.717, 1.165) is 12.0 Å². The quantitative estimate of drug-likeness (QED) is 0.316. The zero-order valence-electron chi connectivity index (χ0n) is 19.8. The molecule has 4 aromatic rings. The van der Waals surface area contributed by atoms with Crippen LogP contribution in [-0.2, 0) is 17.9 Å². The molecule has 1 N–H and O–H groups in total. The Morgan fingerprint density at radius 1 is 0.657 bits per heavy atom. The highest BCUT2D eigenvalue weighted by Crippen LogP contribution is 2.51. The summed E-state index contributed by atoms with van der Waals surface area (Å²) >= 11 is 0. The van der Waals surface area contributed by atoms with E-state index in [1.54, 1.807) is 0 Å². The lowest BCUT2D eigenvalue weighted by atomic mass is 9.79. The van der Waals surface area contributed by atoms with Gasteiger partial charge in [0.2, 0.25) is 0 Å². The van der Waals surface area contributed by atoms with Crippen LogP contribution in [-0.4, -0.2) is 22.0 Å². The second-order valence-corrected chi connectivity index (χ2v) is 9.50. The second-order valence-electron chi connectivity index (χ2n) is 9.50. The maximum Gasteiger partial charge on any atom is 0.308 e. The Balaban J connectivity index is 1.57. The number of carbonyl (C=O) groups is 1. The van der Waals surface area contributed by atoms with Crippen molar-refractivity contribution in [3.8, 4) is 0 Å². The molecule has 0 saturated heterocycles. The summed E-state index contributed by atoms with van der Waals surface area (Å²) in [6.45, 7) is 1.43. The van der Waals surface area contributed by atoms with Crippen molar-refractivity contribution >= 4 is 5.97 Å². The summed E-state index contributed by atoms with van der Waals surface area (Å²) in [5, 5.41) is 10.6. The van der Waals surface area contributed by atoms with E-state index in [1.165, 1.54) is 16.7 Å². The lowest BCUT2D eigenvalue weighted by molar-refractivity contribution is -0.144. The molecular formula is C32H31NO2. The van der Waals surface area contributed by atoms with Crippen LogP contribution in [0.2, 0.25) is 0 Å². The average molecular weight is 462 g/mol. The number of hydrogen-bond donors (Lipinski definition) is 1. The molecule has 1 aliphatic rings. The first-order valence-electron chi connectivity index (χ1n) is 12.4. The first-order chi connectivity index (χ1) is 17.2. The molecule has 0 aromatic heterocycles. The summed E-state index contributed by atoms with van der Waals surface area (Å²) in [7, 11) is 0. The fourth-order valence-corrected chi connectivity index (χ4v) is 5.82. The molecule has 0 aliphatic heterocycles. The normalized spacial score (nSPS) is 21.7. The zero-order chi connectivity index (χ0) is 24.0. The van der Waals surface area contributed by atoms with Crippen LogP contribution < -0.4 is 0 Å². The van der Waals surface area contributed by atoms with Crippen molar-refractivity contribution in [3.63, 3.8) is 0 Å². The van der Waals surface area contributed by atoms with Gasteiger partial charge in [0.1, 0.15) is 0 Å². The minimum Gasteiger partial charge on any atom is -0.481 e. The average Bonchev–Trinajstić information content (AvgIpc) is 3.32. The van der Waals surface area contributed by atoms with E-state index in [4.69, 9.17) is 0 Å². The Hall–Kier alpha value is -3.69. The molecule has 35 heavy (non-hydrogen) atoms. The maximum absolute atomic E-state index is 13.0. The molecule has 1 fully saturated rings. The number of carboxylic acid groups (broad SMARTS) is 1. The van der Waals surface area contributed by atoms with Gasteiger partial charge < -0.3 is 5.11 Å². The van der Waals surface area contributed by atoms with E-state index >= 15 is 0 Å². The molecule has 1 aliphatic carbocycles. The standard InChI is InChI=1S/C32H31NO2/c34-32(35)31-29(33(22-24-13-5-1-6-14-24)23-25-15-7-2-8-16-25)21-28(26-17-9-3-10-18-26)30(31)27-19-11-4-12-20-27/h1-20,28-31H,21-23H2,(H,34,35)/t28-,29+,30+,31-/m0/s1. The molecule has 176 valence electrons. The van der Waals surface area contributed by atoms with Crippen molar-refractivity contribution in [3.05, 3.63) is 144 Å². The molecule has 0 bridgehead atoms. The summed E-state index contributed by atoms with van der Waals surface area (Å²) in [4.78, 5) is 15.3. The summed E-state index contributed by atoms with van der Waals surface area (Å²) in [5.41, 5.74) is 4.73. The first-order valence-corrected chi connectivity index (χ1v) is 12.4. The number of carboxylic acids is 1. The van der Waals surface area contributed by atoms with E-state index in [0.29, 0.717) is 13.1 Å². The van der Waals surface area contributed by atoms with Crippen molar-refractivity contribution in [1.82, 2.24) is 4.90 Å². The molecule has 0 amide bonds. The zero-order valence-corrected chi connectivity index (χ0v) is 19.8. The van der Waals surface area contributed by atoms with Crippen LogP contribution in [0.5, 0.6) is 0 Å². The van der Waals surface area contributed by atoms with Crippen molar-refractivity contribution in [1.29, 1.82) is 0 Å². The third kappa shape index (κ3) is 5.21. The van der Waals surface area contributed by atoms with E-state index in [9.17, 15) is 9.90 Å². The fourth-order valence-electron chi connectivity index (χ4n) is 5.82. The summed E-state index contributed by atoms with van der Waals surface area (Å²) in [6, 6.07) is 41.4. The van der Waals surface area contributed by atoms with Gasteiger partial charge in [-0.3, -0.25) is 9.69 Å². The van der Waals surface area contributed by atoms with Gasteiger partial charge in [-0.1, -0.05) is 121 Å². The minimum absolute atomic E-state index is 0.0878. The van der Waals surface area contributed by atoms with Crippen molar-refractivity contribution in [2.45, 2.75) is 37.4 Å². The smallest absolute Gasteiger partial charge is 0.308 e. The Morgan fingerprint density at radius 2 is 1.09 bits per heavy atom. The van der Waals surface area contributed by atoms with Gasteiger partial charge >= 0.3 is 5.97 Å². The minimum atomic E-state index is -0.714. The number of nitrogens with zero attached hydrogens (tertiary/aromatic N) is 1. The lowest BCUT2D eigenvalue weighted by Gasteiger charge is -2.33. The van der Waals surface area contributed by atoms with Crippen molar-refractivity contribution in [2.75, 3.05) is 0 Å². The Bertz CT molecular complexity index is 1170. The topological polar surface area (TPSA) is 40.5 Å². The summed E-state index contributed by atoms with van der Waals surface area (Å²) < 4.78 is 0. The van der Waals surface area contributed by atoms with Gasteiger partial charge in [0.15, 0.2) is 0 Å². The van der Waals surface area contributed by atoms with Gasteiger partial charge in [-0.25, -0.2) is 0 Å².